The van der Waals surface area contributed by atoms with E-state index in [4.69, 9.17) is 0 Å². The van der Waals surface area contributed by atoms with Crippen molar-refractivity contribution in [3.05, 3.63) is 65.5 Å². The van der Waals surface area contributed by atoms with Crippen LogP contribution in [-0.4, -0.2) is 40.6 Å². The van der Waals surface area contributed by atoms with E-state index in [0.29, 0.717) is 6.54 Å². The van der Waals surface area contributed by atoms with Gasteiger partial charge in [0.05, 0.1) is 5.56 Å². The molecule has 0 aliphatic carbocycles. The van der Waals surface area contributed by atoms with Gasteiger partial charge in [-0.15, -0.1) is 0 Å². The number of hydrogen-bond acceptors (Lipinski definition) is 3. The lowest BCUT2D eigenvalue weighted by molar-refractivity contribution is 0.0776. The zero-order valence-corrected chi connectivity index (χ0v) is 12.3. The summed E-state index contributed by atoms with van der Waals surface area (Å²) < 4.78 is 27.1. The molecule has 1 N–H and O–H groups in total. The maximum Gasteiger partial charge on any atom is 0.256 e. The van der Waals surface area contributed by atoms with Crippen LogP contribution in [0.25, 0.3) is 0 Å². The molecule has 2 atom stereocenters. The monoisotopic (exact) mass is 318 g/mol. The summed E-state index contributed by atoms with van der Waals surface area (Å²) >= 11 is 0. The fourth-order valence-electron chi connectivity index (χ4n) is 2.98. The smallest absolute Gasteiger partial charge is 0.256 e. The molecule has 0 unspecified atom stereocenters. The third kappa shape index (κ3) is 3.07. The summed E-state index contributed by atoms with van der Waals surface area (Å²) in [7, 11) is 0. The van der Waals surface area contributed by atoms with Crippen molar-refractivity contribution in [3.63, 3.8) is 0 Å². The zero-order chi connectivity index (χ0) is 16.4. The van der Waals surface area contributed by atoms with Crippen molar-refractivity contribution in [2.45, 2.75) is 5.92 Å². The molecule has 1 aromatic carbocycles. The van der Waals surface area contributed by atoms with Gasteiger partial charge in [-0.3, -0.25) is 9.78 Å². The van der Waals surface area contributed by atoms with Crippen LogP contribution in [0.5, 0.6) is 0 Å². The molecule has 0 bridgehead atoms. The molecule has 1 aromatic heterocycles. The van der Waals surface area contributed by atoms with E-state index in [0.717, 1.165) is 23.9 Å². The summed E-state index contributed by atoms with van der Waals surface area (Å²) in [5.41, 5.74) is 0.491. The van der Waals surface area contributed by atoms with E-state index in [-0.39, 0.29) is 30.6 Å². The van der Waals surface area contributed by atoms with Crippen molar-refractivity contribution in [2.24, 2.45) is 5.92 Å². The summed E-state index contributed by atoms with van der Waals surface area (Å²) in [5, 5.41) is 9.57. The number of aromatic nitrogens is 1. The Morgan fingerprint density at radius 2 is 2.09 bits per heavy atom. The largest absolute Gasteiger partial charge is 0.396 e. The van der Waals surface area contributed by atoms with Crippen LogP contribution in [-0.2, 0) is 0 Å². The fourth-order valence-corrected chi connectivity index (χ4v) is 2.98. The number of aliphatic hydroxyl groups is 1. The van der Waals surface area contributed by atoms with E-state index < -0.39 is 17.5 Å². The Kier molecular flexibility index (Phi) is 4.34. The lowest BCUT2D eigenvalue weighted by atomic mass is 9.93. The highest BCUT2D eigenvalue weighted by atomic mass is 19.1. The number of aliphatic hydroxyl groups excluding tert-OH is 1. The van der Waals surface area contributed by atoms with Gasteiger partial charge in [0.1, 0.15) is 11.6 Å². The maximum absolute atomic E-state index is 13.8. The molecule has 120 valence electrons. The zero-order valence-electron chi connectivity index (χ0n) is 12.3. The van der Waals surface area contributed by atoms with Crippen LogP contribution >= 0.6 is 0 Å². The first-order chi connectivity index (χ1) is 11.1. The van der Waals surface area contributed by atoms with E-state index in [1.165, 1.54) is 4.90 Å². The highest BCUT2D eigenvalue weighted by molar-refractivity contribution is 5.94. The van der Waals surface area contributed by atoms with Gasteiger partial charge in [-0.05, 0) is 30.3 Å². The normalized spacial score (nSPS) is 20.7. The van der Waals surface area contributed by atoms with Crippen LogP contribution in [0.1, 0.15) is 22.0 Å². The summed E-state index contributed by atoms with van der Waals surface area (Å²) in [6.07, 6.45) is 1.65. The van der Waals surface area contributed by atoms with E-state index in [1.807, 2.05) is 12.1 Å². The quantitative estimate of drug-likeness (QED) is 0.944. The highest BCUT2D eigenvalue weighted by Gasteiger charge is 2.37. The van der Waals surface area contributed by atoms with Gasteiger partial charge < -0.3 is 10.0 Å². The minimum Gasteiger partial charge on any atom is -0.396 e. The lowest BCUT2D eigenvalue weighted by Crippen LogP contribution is -2.30. The van der Waals surface area contributed by atoms with Crippen LogP contribution < -0.4 is 0 Å². The number of likely N-dealkylation sites (tertiary alicyclic amines) is 1. The van der Waals surface area contributed by atoms with Crippen LogP contribution in [0.4, 0.5) is 8.78 Å². The van der Waals surface area contributed by atoms with Crippen molar-refractivity contribution in [2.75, 3.05) is 19.7 Å². The summed E-state index contributed by atoms with van der Waals surface area (Å²) in [6, 6.07) is 8.29. The molecule has 3 rings (SSSR count). The van der Waals surface area contributed by atoms with Crippen LogP contribution in [0.15, 0.2) is 42.6 Å². The average molecular weight is 318 g/mol. The van der Waals surface area contributed by atoms with Gasteiger partial charge in [0, 0.05) is 43.4 Å². The number of benzene rings is 1. The molecular formula is C17H16F2N2O2. The molecule has 23 heavy (non-hydrogen) atoms. The Bertz CT molecular complexity index is 709. The molecule has 2 heterocycles. The van der Waals surface area contributed by atoms with Crippen molar-refractivity contribution in [1.29, 1.82) is 0 Å². The second-order valence-corrected chi connectivity index (χ2v) is 5.64. The van der Waals surface area contributed by atoms with E-state index in [9.17, 15) is 18.7 Å². The first-order valence-corrected chi connectivity index (χ1v) is 7.36. The fraction of sp³-hybridized carbons (Fsp3) is 0.294. The first-order valence-electron chi connectivity index (χ1n) is 7.36. The number of carbonyl (C=O) groups is 1. The van der Waals surface area contributed by atoms with Gasteiger partial charge in [0.25, 0.3) is 5.91 Å². The van der Waals surface area contributed by atoms with Gasteiger partial charge in [-0.1, -0.05) is 6.07 Å². The molecule has 1 aliphatic rings. The number of nitrogens with zero attached hydrogens (tertiary/aromatic N) is 2. The predicted molar refractivity (Wildman–Crippen MR) is 79.8 cm³/mol. The number of halogens is 2. The minimum atomic E-state index is -0.752. The Labute approximate surface area is 132 Å². The van der Waals surface area contributed by atoms with Crippen molar-refractivity contribution in [3.8, 4) is 0 Å². The summed E-state index contributed by atoms with van der Waals surface area (Å²) in [4.78, 5) is 18.2. The summed E-state index contributed by atoms with van der Waals surface area (Å²) in [5.74, 6) is -2.28. The predicted octanol–water partition coefficient (Wildman–Crippen LogP) is 2.21. The molecule has 1 saturated heterocycles. The van der Waals surface area contributed by atoms with Gasteiger partial charge >= 0.3 is 0 Å². The van der Waals surface area contributed by atoms with Crippen molar-refractivity contribution >= 4 is 5.91 Å². The van der Waals surface area contributed by atoms with Crippen LogP contribution in [0.2, 0.25) is 0 Å². The molecule has 2 aromatic rings. The number of pyridine rings is 1. The number of hydrogen-bond donors (Lipinski definition) is 1. The average Bonchev–Trinajstić information content (AvgIpc) is 3.01. The summed E-state index contributed by atoms with van der Waals surface area (Å²) in [6.45, 7) is 0.500. The van der Waals surface area contributed by atoms with Crippen molar-refractivity contribution < 1.29 is 18.7 Å². The third-order valence-electron chi connectivity index (χ3n) is 4.19. The Balaban J connectivity index is 1.84. The van der Waals surface area contributed by atoms with Crippen LogP contribution in [0, 0.1) is 17.6 Å². The van der Waals surface area contributed by atoms with E-state index in [1.54, 1.807) is 12.3 Å². The van der Waals surface area contributed by atoms with Gasteiger partial charge in [-0.25, -0.2) is 8.78 Å². The molecular weight excluding hydrogens is 302 g/mol. The molecule has 0 saturated carbocycles. The van der Waals surface area contributed by atoms with Crippen LogP contribution in [0.3, 0.4) is 0 Å². The van der Waals surface area contributed by atoms with Gasteiger partial charge in [-0.2, -0.15) is 0 Å². The first kappa shape index (κ1) is 15.6. The molecule has 6 heteroatoms. The number of carbonyl (C=O) groups excluding carboxylic acids is 1. The molecule has 0 radical (unpaired) electrons. The Morgan fingerprint density at radius 3 is 2.78 bits per heavy atom. The SMILES string of the molecule is O=C(c1cc(F)ccc1F)N1C[C@@H](CO)[C@H](c2ccccn2)C1. The lowest BCUT2D eigenvalue weighted by Gasteiger charge is -2.17. The van der Waals surface area contributed by atoms with Crippen molar-refractivity contribution in [1.82, 2.24) is 9.88 Å². The molecule has 4 nitrogen and oxygen atoms in total. The second kappa shape index (κ2) is 6.42. The molecule has 1 amide bonds. The number of rotatable bonds is 3. The Hall–Kier alpha value is -2.34. The standard InChI is InChI=1S/C17H16F2N2O2/c18-12-4-5-15(19)13(7-12)17(23)21-8-11(10-22)14(9-21)16-3-1-2-6-20-16/h1-7,11,14,22H,8-10H2/t11-,14+/m0/s1. The van der Waals surface area contributed by atoms with Gasteiger partial charge in [0.15, 0.2) is 0 Å². The maximum atomic E-state index is 13.8. The Morgan fingerprint density at radius 1 is 1.26 bits per heavy atom. The minimum absolute atomic E-state index is 0.101. The topological polar surface area (TPSA) is 53.4 Å². The van der Waals surface area contributed by atoms with Gasteiger partial charge in [0.2, 0.25) is 0 Å². The van der Waals surface area contributed by atoms with E-state index >= 15 is 0 Å². The highest BCUT2D eigenvalue weighted by Crippen LogP contribution is 2.32. The third-order valence-corrected chi connectivity index (χ3v) is 4.19. The second-order valence-electron chi connectivity index (χ2n) is 5.64. The molecule has 1 aliphatic heterocycles. The molecule has 0 spiro atoms. The molecule has 1 fully saturated rings. The number of amides is 1. The van der Waals surface area contributed by atoms with E-state index in [2.05, 4.69) is 4.98 Å².